The molecule has 1 rings (SSSR count). The summed E-state index contributed by atoms with van der Waals surface area (Å²) in [4.78, 5) is 0. The zero-order valence-electron chi connectivity index (χ0n) is 7.03. The van der Waals surface area contributed by atoms with E-state index in [0.29, 0.717) is 5.92 Å². The molecule has 3 heteroatoms. The molecule has 1 aromatic heterocycles. The zero-order chi connectivity index (χ0) is 8.27. The summed E-state index contributed by atoms with van der Waals surface area (Å²) in [6.45, 7) is 4.23. The number of nitrogens with zero attached hydrogens (tertiary/aromatic N) is 2. The molecule has 0 saturated carbocycles. The molecule has 1 aromatic rings. The lowest BCUT2D eigenvalue weighted by molar-refractivity contribution is 0.763. The summed E-state index contributed by atoms with van der Waals surface area (Å²) in [6.07, 6.45) is 2.00. The van der Waals surface area contributed by atoms with Gasteiger partial charge in [0.05, 0.1) is 5.69 Å². The van der Waals surface area contributed by atoms with Gasteiger partial charge in [0.25, 0.3) is 0 Å². The summed E-state index contributed by atoms with van der Waals surface area (Å²) in [5, 5.41) is 9.09. The molecule has 0 spiro atoms. The van der Waals surface area contributed by atoms with Crippen LogP contribution in [0.5, 0.6) is 0 Å². The maximum Gasteiger partial charge on any atom is 0.119 e. The van der Waals surface area contributed by atoms with Crippen LogP contribution in [-0.2, 0) is 0 Å². The monoisotopic (exact) mass is 168 g/mol. The molecule has 0 aliphatic carbocycles. The lowest BCUT2D eigenvalue weighted by atomic mass is 10.1. The number of hydrogen-bond acceptors (Lipinski definition) is 3. The van der Waals surface area contributed by atoms with E-state index in [0.717, 1.165) is 10.7 Å². The second-order valence-corrected chi connectivity index (χ2v) is 3.48. The van der Waals surface area contributed by atoms with Gasteiger partial charge in [0.1, 0.15) is 5.03 Å². The van der Waals surface area contributed by atoms with Crippen LogP contribution in [0.4, 0.5) is 0 Å². The third-order valence-corrected chi connectivity index (χ3v) is 2.10. The fraction of sp³-hybridized carbons (Fsp3) is 0.500. The third kappa shape index (κ3) is 2.19. The van der Waals surface area contributed by atoms with E-state index in [2.05, 4.69) is 24.0 Å². The molecule has 0 fully saturated rings. The highest BCUT2D eigenvalue weighted by Gasteiger charge is 2.00. The van der Waals surface area contributed by atoms with Gasteiger partial charge in [-0.1, -0.05) is 13.8 Å². The minimum absolute atomic E-state index is 0.471. The van der Waals surface area contributed by atoms with Crippen molar-refractivity contribution in [2.45, 2.75) is 24.8 Å². The van der Waals surface area contributed by atoms with Crippen molar-refractivity contribution in [1.29, 1.82) is 0 Å². The van der Waals surface area contributed by atoms with Crippen LogP contribution in [0.3, 0.4) is 0 Å². The van der Waals surface area contributed by atoms with Crippen molar-refractivity contribution in [2.75, 3.05) is 6.26 Å². The molecule has 11 heavy (non-hydrogen) atoms. The molecular formula is C8H12N2S. The molecule has 0 unspecified atom stereocenters. The normalized spacial score (nSPS) is 10.5. The molecule has 0 aliphatic rings. The van der Waals surface area contributed by atoms with E-state index in [9.17, 15) is 0 Å². The van der Waals surface area contributed by atoms with E-state index in [-0.39, 0.29) is 0 Å². The van der Waals surface area contributed by atoms with E-state index < -0.39 is 0 Å². The van der Waals surface area contributed by atoms with Gasteiger partial charge in [0.2, 0.25) is 0 Å². The first-order valence-electron chi connectivity index (χ1n) is 3.61. The lowest BCUT2D eigenvalue weighted by Crippen LogP contribution is -1.94. The van der Waals surface area contributed by atoms with Gasteiger partial charge in [0.15, 0.2) is 0 Å². The van der Waals surface area contributed by atoms with E-state index in [1.165, 1.54) is 0 Å². The van der Waals surface area contributed by atoms with E-state index in [1.54, 1.807) is 11.8 Å². The van der Waals surface area contributed by atoms with Crippen LogP contribution in [0.2, 0.25) is 0 Å². The molecule has 60 valence electrons. The first-order chi connectivity index (χ1) is 5.24. The van der Waals surface area contributed by atoms with Gasteiger partial charge in [-0.2, -0.15) is 5.10 Å². The van der Waals surface area contributed by atoms with Crippen molar-refractivity contribution in [3.8, 4) is 0 Å². The summed E-state index contributed by atoms with van der Waals surface area (Å²) >= 11 is 1.62. The quantitative estimate of drug-likeness (QED) is 0.634. The van der Waals surface area contributed by atoms with Gasteiger partial charge >= 0.3 is 0 Å². The van der Waals surface area contributed by atoms with Crippen molar-refractivity contribution in [3.05, 3.63) is 17.8 Å². The SMILES string of the molecule is CSc1ccc(C(C)C)nn1. The summed E-state index contributed by atoms with van der Waals surface area (Å²) in [7, 11) is 0. The zero-order valence-corrected chi connectivity index (χ0v) is 7.85. The molecule has 0 amide bonds. The average molecular weight is 168 g/mol. The minimum atomic E-state index is 0.471. The van der Waals surface area contributed by atoms with E-state index in [1.807, 2.05) is 18.4 Å². The molecule has 0 saturated heterocycles. The first kappa shape index (κ1) is 8.53. The largest absolute Gasteiger partial charge is 0.154 e. The smallest absolute Gasteiger partial charge is 0.119 e. The topological polar surface area (TPSA) is 25.8 Å². The molecule has 0 aromatic carbocycles. The molecule has 0 N–H and O–H groups in total. The van der Waals surface area contributed by atoms with Crippen LogP contribution in [-0.4, -0.2) is 16.5 Å². The predicted octanol–water partition coefficient (Wildman–Crippen LogP) is 2.32. The molecule has 0 radical (unpaired) electrons. The molecular weight excluding hydrogens is 156 g/mol. The van der Waals surface area contributed by atoms with Crippen LogP contribution in [0.1, 0.15) is 25.5 Å². The molecule has 0 bridgehead atoms. The van der Waals surface area contributed by atoms with Crippen LogP contribution in [0.15, 0.2) is 17.2 Å². The van der Waals surface area contributed by atoms with Gasteiger partial charge in [-0.3, -0.25) is 0 Å². The van der Waals surface area contributed by atoms with Crippen LogP contribution >= 0.6 is 11.8 Å². The Morgan fingerprint density at radius 3 is 2.36 bits per heavy atom. The van der Waals surface area contributed by atoms with Crippen molar-refractivity contribution in [1.82, 2.24) is 10.2 Å². The van der Waals surface area contributed by atoms with Crippen LogP contribution < -0.4 is 0 Å². The summed E-state index contributed by atoms with van der Waals surface area (Å²) < 4.78 is 0. The van der Waals surface area contributed by atoms with Gasteiger partial charge in [0, 0.05) is 0 Å². The number of aromatic nitrogens is 2. The Balaban J connectivity index is 2.83. The van der Waals surface area contributed by atoms with Gasteiger partial charge in [-0.05, 0) is 24.3 Å². The molecule has 0 aliphatic heterocycles. The van der Waals surface area contributed by atoms with Crippen molar-refractivity contribution < 1.29 is 0 Å². The van der Waals surface area contributed by atoms with E-state index >= 15 is 0 Å². The summed E-state index contributed by atoms with van der Waals surface area (Å²) in [5.41, 5.74) is 1.06. The van der Waals surface area contributed by atoms with Crippen molar-refractivity contribution in [2.24, 2.45) is 0 Å². The fourth-order valence-electron chi connectivity index (χ4n) is 0.747. The Labute approximate surface area is 71.4 Å². The van der Waals surface area contributed by atoms with Gasteiger partial charge in [-0.15, -0.1) is 16.9 Å². The minimum Gasteiger partial charge on any atom is -0.154 e. The Hall–Kier alpha value is -0.570. The Morgan fingerprint density at radius 2 is 2.00 bits per heavy atom. The molecule has 1 heterocycles. The average Bonchev–Trinajstić information content (AvgIpc) is 2.05. The lowest BCUT2D eigenvalue weighted by Gasteiger charge is -2.01. The maximum atomic E-state index is 4.08. The van der Waals surface area contributed by atoms with Crippen molar-refractivity contribution in [3.63, 3.8) is 0 Å². The van der Waals surface area contributed by atoms with Crippen LogP contribution in [0, 0.1) is 0 Å². The van der Waals surface area contributed by atoms with Gasteiger partial charge in [-0.25, -0.2) is 0 Å². The number of thioether (sulfide) groups is 1. The van der Waals surface area contributed by atoms with Crippen LogP contribution in [0.25, 0.3) is 0 Å². The standard InChI is InChI=1S/C8H12N2S/c1-6(2)7-4-5-8(11-3)10-9-7/h4-6H,1-3H3. The molecule has 2 nitrogen and oxygen atoms in total. The van der Waals surface area contributed by atoms with E-state index in [4.69, 9.17) is 0 Å². The predicted molar refractivity (Wildman–Crippen MR) is 47.9 cm³/mol. The maximum absolute atomic E-state index is 4.08. The number of rotatable bonds is 2. The van der Waals surface area contributed by atoms with Gasteiger partial charge < -0.3 is 0 Å². The Morgan fingerprint density at radius 1 is 1.27 bits per heavy atom. The first-order valence-corrected chi connectivity index (χ1v) is 4.84. The molecule has 0 atom stereocenters. The number of hydrogen-bond donors (Lipinski definition) is 0. The highest BCUT2D eigenvalue weighted by molar-refractivity contribution is 7.98. The second-order valence-electron chi connectivity index (χ2n) is 2.66. The second kappa shape index (κ2) is 3.72. The Bertz CT molecular complexity index is 218. The highest BCUT2D eigenvalue weighted by atomic mass is 32.2. The summed E-state index contributed by atoms with van der Waals surface area (Å²) in [5.74, 6) is 0.471. The third-order valence-electron chi connectivity index (χ3n) is 1.46. The fourth-order valence-corrected chi connectivity index (χ4v) is 1.07. The summed E-state index contributed by atoms with van der Waals surface area (Å²) in [6, 6.07) is 4.04. The Kier molecular flexibility index (Phi) is 2.88. The van der Waals surface area contributed by atoms with Crippen molar-refractivity contribution >= 4 is 11.8 Å². The highest BCUT2D eigenvalue weighted by Crippen LogP contribution is 2.13.